The molecule has 0 fully saturated rings. The molecule has 2 aromatic heterocycles. The summed E-state index contributed by atoms with van der Waals surface area (Å²) >= 11 is 0. The summed E-state index contributed by atoms with van der Waals surface area (Å²) in [6.07, 6.45) is -7.89. The molecule has 166 valence electrons. The summed E-state index contributed by atoms with van der Waals surface area (Å²) in [7, 11) is 0. The van der Waals surface area contributed by atoms with E-state index in [2.05, 4.69) is 14.7 Å². The van der Waals surface area contributed by atoms with Crippen LogP contribution in [0, 0.1) is 6.92 Å². The van der Waals surface area contributed by atoms with Crippen molar-refractivity contribution in [1.29, 1.82) is 0 Å². The van der Waals surface area contributed by atoms with Gasteiger partial charge in [-0.15, -0.1) is 0 Å². The second-order valence-electron chi connectivity index (χ2n) is 7.10. The van der Waals surface area contributed by atoms with Crippen molar-refractivity contribution in [2.75, 3.05) is 0 Å². The molecule has 0 atom stereocenters. The number of nitrogens with zero attached hydrogens (tertiary/aromatic N) is 3. The van der Waals surface area contributed by atoms with Crippen LogP contribution in [0.4, 0.5) is 26.3 Å². The lowest BCUT2D eigenvalue weighted by Gasteiger charge is -2.08. The van der Waals surface area contributed by atoms with Gasteiger partial charge in [0.25, 0.3) is 0 Å². The van der Waals surface area contributed by atoms with E-state index < -0.39 is 29.7 Å². The number of aromatic nitrogens is 3. The Labute approximate surface area is 176 Å². The van der Waals surface area contributed by atoms with Crippen molar-refractivity contribution < 1.29 is 35.7 Å². The molecule has 0 aliphatic rings. The predicted molar refractivity (Wildman–Crippen MR) is 101 cm³/mol. The number of fused-ring (bicyclic) bond motifs is 1. The Kier molecular flexibility index (Phi) is 5.06. The van der Waals surface area contributed by atoms with Gasteiger partial charge in [0, 0.05) is 17.1 Å². The van der Waals surface area contributed by atoms with Crippen molar-refractivity contribution in [1.82, 2.24) is 14.7 Å². The second kappa shape index (κ2) is 7.50. The van der Waals surface area contributed by atoms with E-state index in [1.165, 1.54) is 28.8 Å². The lowest BCUT2D eigenvalue weighted by Crippen LogP contribution is -2.13. The summed E-state index contributed by atoms with van der Waals surface area (Å²) in [4.78, 5) is 16.2. The maximum atomic E-state index is 12.8. The van der Waals surface area contributed by atoms with E-state index in [0.717, 1.165) is 17.7 Å². The number of benzene rings is 2. The molecule has 0 radical (unpaired) electrons. The summed E-state index contributed by atoms with van der Waals surface area (Å²) in [6.45, 7) is 1.75. The molecule has 2 heterocycles. The van der Waals surface area contributed by atoms with Gasteiger partial charge in [0.05, 0.1) is 17.5 Å². The fraction of sp³-hybridized carbons (Fsp3) is 0.190. The van der Waals surface area contributed by atoms with Crippen molar-refractivity contribution in [3.8, 4) is 11.4 Å². The number of carbonyl (C=O) groups excluding carboxylic acids is 1. The highest BCUT2D eigenvalue weighted by Crippen LogP contribution is 2.32. The average molecular weight is 453 g/mol. The van der Waals surface area contributed by atoms with Gasteiger partial charge in [-0.2, -0.15) is 31.3 Å². The summed E-state index contributed by atoms with van der Waals surface area (Å²) in [5.41, 5.74) is 0.899. The minimum absolute atomic E-state index is 0.175. The first-order valence-electron chi connectivity index (χ1n) is 9.16. The van der Waals surface area contributed by atoms with E-state index in [9.17, 15) is 31.1 Å². The molecule has 0 amide bonds. The molecule has 0 aliphatic heterocycles. The molecule has 0 unspecified atom stereocenters. The zero-order chi connectivity index (χ0) is 23.3. The van der Waals surface area contributed by atoms with Gasteiger partial charge in [-0.05, 0) is 36.2 Å². The van der Waals surface area contributed by atoms with Crippen molar-refractivity contribution in [3.05, 3.63) is 71.2 Å². The predicted octanol–water partition coefficient (Wildman–Crippen LogP) is 5.92. The van der Waals surface area contributed by atoms with Gasteiger partial charge in [-0.3, -0.25) is 9.36 Å². The van der Waals surface area contributed by atoms with Crippen LogP contribution in [0.3, 0.4) is 0 Å². The first-order valence-corrected chi connectivity index (χ1v) is 9.16. The first kappa shape index (κ1) is 21.6. The largest absolute Gasteiger partial charge is 0.471 e. The van der Waals surface area contributed by atoms with Crippen LogP contribution in [0.5, 0.6) is 0 Å². The number of alkyl halides is 6. The molecule has 0 spiro atoms. The van der Waals surface area contributed by atoms with Crippen LogP contribution in [-0.2, 0) is 18.8 Å². The number of rotatable bonds is 3. The van der Waals surface area contributed by atoms with Crippen LogP contribution < -0.4 is 0 Å². The van der Waals surface area contributed by atoms with Crippen LogP contribution in [-0.4, -0.2) is 20.6 Å². The molecule has 0 bridgehead atoms. The summed E-state index contributed by atoms with van der Waals surface area (Å²) < 4.78 is 81.9. The Balaban J connectivity index is 1.66. The van der Waals surface area contributed by atoms with Crippen LogP contribution in [0.15, 0.2) is 53.2 Å². The smallest absolute Gasteiger partial charge is 0.329 e. The molecule has 32 heavy (non-hydrogen) atoms. The fourth-order valence-electron chi connectivity index (χ4n) is 3.27. The van der Waals surface area contributed by atoms with E-state index in [-0.39, 0.29) is 17.8 Å². The summed E-state index contributed by atoms with van der Waals surface area (Å²) in [6, 6.07) is 8.82. The molecule has 11 heteroatoms. The number of hydrogen-bond donors (Lipinski definition) is 0. The molecule has 4 aromatic rings. The van der Waals surface area contributed by atoms with E-state index in [1.54, 1.807) is 19.2 Å². The minimum atomic E-state index is -4.79. The molecule has 0 N–H and O–H groups in total. The molecule has 2 aromatic carbocycles. The molecular weight excluding hydrogens is 440 g/mol. The third kappa shape index (κ3) is 4.10. The molecule has 0 saturated heterocycles. The Bertz CT molecular complexity index is 1300. The lowest BCUT2D eigenvalue weighted by molar-refractivity contribution is -0.159. The highest BCUT2D eigenvalue weighted by Gasteiger charge is 2.38. The maximum absolute atomic E-state index is 12.8. The van der Waals surface area contributed by atoms with E-state index in [0.29, 0.717) is 16.5 Å². The van der Waals surface area contributed by atoms with Crippen LogP contribution in [0.1, 0.15) is 27.4 Å². The van der Waals surface area contributed by atoms with E-state index >= 15 is 0 Å². The average Bonchev–Trinajstić information content (AvgIpc) is 3.33. The third-order valence-corrected chi connectivity index (χ3v) is 4.84. The lowest BCUT2D eigenvalue weighted by atomic mass is 10.1. The number of aryl methyl sites for hydroxylation is 1. The number of halogens is 6. The maximum Gasteiger partial charge on any atom is 0.471 e. The van der Waals surface area contributed by atoms with Gasteiger partial charge < -0.3 is 4.52 Å². The molecule has 0 aliphatic carbocycles. The fourth-order valence-corrected chi connectivity index (χ4v) is 3.27. The second-order valence-corrected chi connectivity index (χ2v) is 7.10. The summed E-state index contributed by atoms with van der Waals surface area (Å²) in [5, 5.41) is 4.02. The zero-order valence-corrected chi connectivity index (χ0v) is 16.3. The van der Waals surface area contributed by atoms with Gasteiger partial charge in [-0.25, -0.2) is 0 Å². The molecule has 5 nitrogen and oxygen atoms in total. The Morgan fingerprint density at radius 1 is 1.00 bits per heavy atom. The number of hydrogen-bond acceptors (Lipinski definition) is 4. The topological polar surface area (TPSA) is 60.9 Å². The van der Waals surface area contributed by atoms with Gasteiger partial charge in [0.15, 0.2) is 0 Å². The Morgan fingerprint density at radius 3 is 2.28 bits per heavy atom. The zero-order valence-electron chi connectivity index (χ0n) is 16.3. The highest BCUT2D eigenvalue weighted by molar-refractivity contribution is 5.96. The van der Waals surface area contributed by atoms with Crippen molar-refractivity contribution in [2.24, 2.45) is 0 Å². The normalized spacial score (nSPS) is 12.5. The highest BCUT2D eigenvalue weighted by atomic mass is 19.4. The van der Waals surface area contributed by atoms with Gasteiger partial charge in [-0.1, -0.05) is 29.4 Å². The number of carbonyl (C=O) groups is 1. The molecular formula is C21H13F6N3O2. The van der Waals surface area contributed by atoms with E-state index in [1.807, 2.05) is 0 Å². The van der Waals surface area contributed by atoms with Crippen molar-refractivity contribution in [2.45, 2.75) is 25.7 Å². The van der Waals surface area contributed by atoms with Crippen molar-refractivity contribution in [3.63, 3.8) is 0 Å². The first-order chi connectivity index (χ1) is 14.9. The quantitative estimate of drug-likeness (QED) is 0.362. The molecule has 4 rings (SSSR count). The minimum Gasteiger partial charge on any atom is -0.329 e. The van der Waals surface area contributed by atoms with E-state index in [4.69, 9.17) is 0 Å². The standard InChI is InChI=1S/C21H13F6N3O2/c1-11-10-30(17(31)8-12-2-5-14(6-3-12)20(22,23)24)16-9-13(4-7-15(11)16)18-28-19(32-29-18)21(25,26)27/h2-7,9-10H,8H2,1H3. The van der Waals surface area contributed by atoms with Gasteiger partial charge in [0.1, 0.15) is 0 Å². The molecule has 0 saturated carbocycles. The third-order valence-electron chi connectivity index (χ3n) is 4.84. The monoisotopic (exact) mass is 453 g/mol. The van der Waals surface area contributed by atoms with Crippen LogP contribution in [0.25, 0.3) is 22.3 Å². The van der Waals surface area contributed by atoms with Gasteiger partial charge >= 0.3 is 18.2 Å². The van der Waals surface area contributed by atoms with Crippen LogP contribution >= 0.6 is 0 Å². The van der Waals surface area contributed by atoms with Gasteiger partial charge in [0.2, 0.25) is 11.7 Å². The Hall–Kier alpha value is -3.63. The Morgan fingerprint density at radius 2 is 1.69 bits per heavy atom. The van der Waals surface area contributed by atoms with Crippen LogP contribution in [0.2, 0.25) is 0 Å². The summed E-state index contributed by atoms with van der Waals surface area (Å²) in [5.74, 6) is -2.21. The van der Waals surface area contributed by atoms with Crippen molar-refractivity contribution >= 4 is 16.8 Å². The SMILES string of the molecule is Cc1cn(C(=O)Cc2ccc(C(F)(F)F)cc2)c2cc(-c3noc(C(F)(F)F)n3)ccc12.